The van der Waals surface area contributed by atoms with Crippen LogP contribution in [0.5, 0.6) is 0 Å². The molecule has 2 heterocycles. The average Bonchev–Trinajstić information content (AvgIpc) is 3.40. The standard InChI is InChI=1S/C19H16FN5O.2C2HF3O2/c20-14-4-1-11(2-5-14)7-16(21)18-24-17-6-3-12(13-9-22-23-10-13)8-15(17)19(26)25-18;2*3-2(4,5)1(6)7/h1-6,8-10,16H,7,21H2,(H,22,23)(H,24,25,26);2*(H,6,7)/t16-;;/m1../s1. The van der Waals surface area contributed by atoms with E-state index in [1.807, 2.05) is 6.07 Å². The number of carboxylic acid groups (broad SMARTS) is 2. The summed E-state index contributed by atoms with van der Waals surface area (Å²) in [7, 11) is 0. The summed E-state index contributed by atoms with van der Waals surface area (Å²) in [5, 5.41) is 21.4. The van der Waals surface area contributed by atoms with E-state index in [2.05, 4.69) is 20.2 Å². The first-order valence-corrected chi connectivity index (χ1v) is 10.6. The predicted molar refractivity (Wildman–Crippen MR) is 124 cm³/mol. The summed E-state index contributed by atoms with van der Waals surface area (Å²) in [6, 6.07) is 11.1. The van der Waals surface area contributed by atoms with Gasteiger partial charge in [-0.25, -0.2) is 19.0 Å². The van der Waals surface area contributed by atoms with Crippen LogP contribution in [0, 0.1) is 5.82 Å². The molecule has 40 heavy (non-hydrogen) atoms. The molecule has 0 amide bonds. The molecule has 0 bridgehead atoms. The molecule has 0 unspecified atom stereocenters. The number of fused-ring (bicyclic) bond motifs is 1. The quantitative estimate of drug-likeness (QED) is 0.227. The zero-order valence-corrected chi connectivity index (χ0v) is 19.7. The second-order valence-electron chi connectivity index (χ2n) is 7.71. The van der Waals surface area contributed by atoms with Gasteiger partial charge in [-0.1, -0.05) is 18.2 Å². The molecule has 214 valence electrons. The van der Waals surface area contributed by atoms with Crippen LogP contribution in [-0.2, 0) is 16.0 Å². The van der Waals surface area contributed by atoms with Crippen molar-refractivity contribution >= 4 is 22.8 Å². The summed E-state index contributed by atoms with van der Waals surface area (Å²) in [4.78, 5) is 37.5. The number of H-pyrrole nitrogens is 2. The van der Waals surface area contributed by atoms with Crippen LogP contribution in [0.25, 0.3) is 22.0 Å². The molecule has 0 aliphatic carbocycles. The third kappa shape index (κ3) is 9.19. The summed E-state index contributed by atoms with van der Waals surface area (Å²) < 4.78 is 76.5. The van der Waals surface area contributed by atoms with Gasteiger partial charge in [-0.05, 0) is 41.8 Å². The van der Waals surface area contributed by atoms with E-state index < -0.39 is 30.3 Å². The number of alkyl halides is 6. The largest absolute Gasteiger partial charge is 0.490 e. The Morgan fingerprint density at radius 2 is 1.48 bits per heavy atom. The number of nitrogens with two attached hydrogens (primary N) is 1. The predicted octanol–water partition coefficient (Wildman–Crippen LogP) is 3.96. The van der Waals surface area contributed by atoms with Crippen molar-refractivity contribution in [2.45, 2.75) is 24.8 Å². The van der Waals surface area contributed by atoms with Crippen molar-refractivity contribution in [2.75, 3.05) is 0 Å². The van der Waals surface area contributed by atoms with Crippen molar-refractivity contribution in [1.29, 1.82) is 0 Å². The van der Waals surface area contributed by atoms with Crippen LogP contribution in [-0.4, -0.2) is 54.7 Å². The van der Waals surface area contributed by atoms with Gasteiger partial charge in [0.2, 0.25) is 0 Å². The lowest BCUT2D eigenvalue weighted by Gasteiger charge is -2.12. The number of carbonyl (C=O) groups is 2. The van der Waals surface area contributed by atoms with E-state index in [4.69, 9.17) is 25.5 Å². The fraction of sp³-hybridized carbons (Fsp3) is 0.174. The van der Waals surface area contributed by atoms with Gasteiger partial charge in [-0.2, -0.15) is 31.4 Å². The van der Waals surface area contributed by atoms with E-state index in [0.29, 0.717) is 23.1 Å². The van der Waals surface area contributed by atoms with E-state index in [-0.39, 0.29) is 11.4 Å². The van der Waals surface area contributed by atoms with E-state index in [1.54, 1.807) is 36.7 Å². The molecule has 4 rings (SSSR count). The van der Waals surface area contributed by atoms with Gasteiger partial charge in [-0.3, -0.25) is 9.89 Å². The Morgan fingerprint density at radius 1 is 0.925 bits per heavy atom. The Kier molecular flexibility index (Phi) is 10.1. The molecule has 6 N–H and O–H groups in total. The minimum absolute atomic E-state index is 0.245. The van der Waals surface area contributed by atoms with Gasteiger partial charge in [0.25, 0.3) is 5.56 Å². The number of hydrogen-bond donors (Lipinski definition) is 5. The van der Waals surface area contributed by atoms with E-state index >= 15 is 0 Å². The number of nitrogens with one attached hydrogen (secondary N) is 2. The Labute approximate surface area is 218 Å². The molecule has 2 aromatic heterocycles. The Bertz CT molecular complexity index is 1480. The number of hydrogen-bond acceptors (Lipinski definition) is 6. The first kappa shape index (κ1) is 31.4. The van der Waals surface area contributed by atoms with Crippen LogP contribution in [0.4, 0.5) is 30.7 Å². The van der Waals surface area contributed by atoms with Gasteiger partial charge in [0.05, 0.1) is 23.1 Å². The second kappa shape index (κ2) is 12.8. The van der Waals surface area contributed by atoms with Crippen LogP contribution < -0.4 is 11.3 Å². The number of halogens is 7. The number of aliphatic carboxylic acids is 2. The minimum atomic E-state index is -5.08. The van der Waals surface area contributed by atoms with Crippen LogP contribution in [0.15, 0.2) is 59.7 Å². The first-order chi connectivity index (χ1) is 18.5. The highest BCUT2D eigenvalue weighted by Gasteiger charge is 2.38. The topological polar surface area (TPSA) is 175 Å². The lowest BCUT2D eigenvalue weighted by atomic mass is 10.0. The van der Waals surface area contributed by atoms with E-state index in [0.717, 1.165) is 16.7 Å². The third-order valence-corrected chi connectivity index (χ3v) is 4.76. The van der Waals surface area contributed by atoms with Crippen molar-refractivity contribution in [3.05, 3.63) is 82.4 Å². The molecule has 10 nitrogen and oxygen atoms in total. The first-order valence-electron chi connectivity index (χ1n) is 10.6. The summed E-state index contributed by atoms with van der Waals surface area (Å²) in [6.07, 6.45) is -6.27. The molecular weight excluding hydrogens is 559 g/mol. The Morgan fingerprint density at radius 3 is 1.95 bits per heavy atom. The number of aromatic nitrogens is 4. The van der Waals surface area contributed by atoms with Gasteiger partial charge in [0, 0.05) is 11.8 Å². The number of carboxylic acids is 2. The highest BCUT2D eigenvalue weighted by Crippen LogP contribution is 2.22. The Hall–Kier alpha value is -4.80. The molecule has 0 spiro atoms. The molecular formula is C23H18F7N5O5. The normalized spacial score (nSPS) is 12.0. The molecule has 0 saturated carbocycles. The van der Waals surface area contributed by atoms with Crippen molar-refractivity contribution in [3.63, 3.8) is 0 Å². The fourth-order valence-electron chi connectivity index (χ4n) is 2.89. The third-order valence-electron chi connectivity index (χ3n) is 4.76. The number of aromatic amines is 2. The maximum Gasteiger partial charge on any atom is 0.490 e. The van der Waals surface area contributed by atoms with Crippen molar-refractivity contribution in [2.24, 2.45) is 5.73 Å². The summed E-state index contributed by atoms with van der Waals surface area (Å²) in [5.41, 5.74) is 9.16. The number of nitrogens with zero attached hydrogens (tertiary/aromatic N) is 2. The summed E-state index contributed by atoms with van der Waals surface area (Å²) >= 11 is 0. The zero-order valence-electron chi connectivity index (χ0n) is 19.7. The lowest BCUT2D eigenvalue weighted by molar-refractivity contribution is -0.193. The van der Waals surface area contributed by atoms with Crippen molar-refractivity contribution in [3.8, 4) is 11.1 Å². The smallest absolute Gasteiger partial charge is 0.475 e. The molecule has 17 heteroatoms. The Balaban J connectivity index is 0.000000333. The molecule has 0 aliphatic rings. The van der Waals surface area contributed by atoms with Crippen LogP contribution >= 0.6 is 0 Å². The average molecular weight is 577 g/mol. The molecule has 0 saturated heterocycles. The monoisotopic (exact) mass is 577 g/mol. The van der Waals surface area contributed by atoms with Crippen LogP contribution in [0.3, 0.4) is 0 Å². The van der Waals surface area contributed by atoms with Crippen molar-refractivity contribution in [1.82, 2.24) is 20.2 Å². The molecule has 0 fully saturated rings. The van der Waals surface area contributed by atoms with Crippen LogP contribution in [0.2, 0.25) is 0 Å². The van der Waals surface area contributed by atoms with Gasteiger partial charge >= 0.3 is 24.3 Å². The zero-order chi connectivity index (χ0) is 30.3. The SMILES string of the molecule is N[C@H](Cc1ccc(F)cc1)c1nc2ccc(-c3cn[nH]c3)cc2c(=O)[nH]1.O=C(O)C(F)(F)F.O=C(O)C(F)(F)F. The van der Waals surface area contributed by atoms with E-state index in [1.165, 1.54) is 12.1 Å². The maximum absolute atomic E-state index is 13.0. The summed E-state index contributed by atoms with van der Waals surface area (Å²) in [5.74, 6) is -5.41. The molecule has 1 atom stereocenters. The van der Waals surface area contributed by atoms with Crippen LogP contribution in [0.1, 0.15) is 17.4 Å². The van der Waals surface area contributed by atoms with Gasteiger partial charge in [0.1, 0.15) is 11.6 Å². The molecule has 4 aromatic rings. The molecule has 0 aliphatic heterocycles. The highest BCUT2D eigenvalue weighted by molar-refractivity contribution is 5.83. The molecule has 2 aromatic carbocycles. The van der Waals surface area contributed by atoms with Crippen molar-refractivity contribution < 1.29 is 50.5 Å². The minimum Gasteiger partial charge on any atom is -0.475 e. The van der Waals surface area contributed by atoms with E-state index in [9.17, 15) is 35.5 Å². The molecule has 0 radical (unpaired) electrons. The van der Waals surface area contributed by atoms with Gasteiger partial charge < -0.3 is 20.9 Å². The summed E-state index contributed by atoms with van der Waals surface area (Å²) in [6.45, 7) is 0. The lowest BCUT2D eigenvalue weighted by Crippen LogP contribution is -2.21. The number of benzene rings is 2. The highest BCUT2D eigenvalue weighted by atomic mass is 19.4. The maximum atomic E-state index is 13.0. The van der Waals surface area contributed by atoms with Gasteiger partial charge in [0.15, 0.2) is 0 Å². The number of rotatable bonds is 4. The second-order valence-corrected chi connectivity index (χ2v) is 7.71. The fourth-order valence-corrected chi connectivity index (χ4v) is 2.89. The van der Waals surface area contributed by atoms with Gasteiger partial charge in [-0.15, -0.1) is 0 Å².